The molecule has 8 unspecified atom stereocenters. The summed E-state index contributed by atoms with van der Waals surface area (Å²) in [5.74, 6) is -6.33. The van der Waals surface area contributed by atoms with Crippen LogP contribution in [0.15, 0.2) is 60.8 Å². The lowest BCUT2D eigenvalue weighted by atomic mass is 9.82. The van der Waals surface area contributed by atoms with Gasteiger partial charge in [-0.25, -0.2) is 5.48 Å². The van der Waals surface area contributed by atoms with Gasteiger partial charge in [-0.3, -0.25) is 14.8 Å². The first-order valence-corrected chi connectivity index (χ1v) is 22.3. The molecule has 4 aliphatic rings. The van der Waals surface area contributed by atoms with Crippen molar-refractivity contribution in [2.24, 2.45) is 23.5 Å². The van der Waals surface area contributed by atoms with Crippen molar-refractivity contribution in [1.82, 2.24) is 5.48 Å². The predicted molar refractivity (Wildman–Crippen MR) is 230 cm³/mol. The van der Waals surface area contributed by atoms with Gasteiger partial charge in [0.1, 0.15) is 18.3 Å². The quantitative estimate of drug-likeness (QED) is 0.0930. The molecular formula is C45H72N2O18. The number of aliphatic hydroxyl groups excluding tert-OH is 8. The molecule has 21 atom stereocenters. The number of rotatable bonds is 5. The van der Waals surface area contributed by atoms with Gasteiger partial charge in [-0.1, -0.05) is 74.6 Å². The lowest BCUT2D eigenvalue weighted by Gasteiger charge is -2.45. The van der Waals surface area contributed by atoms with Crippen LogP contribution in [0.2, 0.25) is 0 Å². The summed E-state index contributed by atoms with van der Waals surface area (Å²) in [6.07, 6.45) is -3.90. The molecule has 3 fully saturated rings. The lowest BCUT2D eigenvalue weighted by molar-refractivity contribution is -0.307. The van der Waals surface area contributed by atoms with Crippen molar-refractivity contribution >= 4 is 11.9 Å². The first-order valence-electron chi connectivity index (χ1n) is 22.3. The molecule has 0 aromatic rings. The average molecular weight is 929 g/mol. The third-order valence-electron chi connectivity index (χ3n) is 12.6. The Balaban J connectivity index is 1.63. The van der Waals surface area contributed by atoms with E-state index in [4.69, 9.17) is 34.2 Å². The van der Waals surface area contributed by atoms with E-state index in [0.29, 0.717) is 0 Å². The number of nitrogens with two attached hydrogens (primary N) is 1. The molecule has 370 valence electrons. The monoisotopic (exact) mass is 928 g/mol. The number of allylic oxidation sites excluding steroid dienone is 8. The van der Waals surface area contributed by atoms with Crippen LogP contribution in [-0.4, -0.2) is 173 Å². The second-order valence-corrected chi connectivity index (χ2v) is 17.8. The van der Waals surface area contributed by atoms with Gasteiger partial charge in [-0.15, -0.1) is 0 Å². The molecule has 4 heterocycles. The number of cyclic esters (lactones) is 1. The van der Waals surface area contributed by atoms with Gasteiger partial charge < -0.3 is 80.1 Å². The van der Waals surface area contributed by atoms with Gasteiger partial charge >= 0.3 is 5.97 Å². The van der Waals surface area contributed by atoms with E-state index in [1.54, 1.807) is 62.5 Å². The molecule has 0 saturated carbocycles. The molecule has 0 radical (unpaired) electrons. The Morgan fingerprint density at radius 2 is 1.34 bits per heavy atom. The maximum absolute atomic E-state index is 13.1. The number of amides is 1. The predicted octanol–water partition coefficient (Wildman–Crippen LogP) is -0.601. The third kappa shape index (κ3) is 15.8. The van der Waals surface area contributed by atoms with Crippen molar-refractivity contribution in [3.05, 3.63) is 60.8 Å². The third-order valence-corrected chi connectivity index (χ3v) is 12.6. The molecule has 13 N–H and O–H groups in total. The number of hydroxylamine groups is 1. The van der Waals surface area contributed by atoms with Crippen LogP contribution in [0.25, 0.3) is 0 Å². The number of fused-ring (bicyclic) bond motifs is 2. The van der Waals surface area contributed by atoms with E-state index in [1.165, 1.54) is 18.5 Å². The van der Waals surface area contributed by atoms with Gasteiger partial charge in [0.15, 0.2) is 18.4 Å². The lowest BCUT2D eigenvalue weighted by Crippen LogP contribution is -2.62. The Bertz CT molecular complexity index is 1630. The summed E-state index contributed by atoms with van der Waals surface area (Å²) in [6, 6.07) is -1.14. The fourth-order valence-corrected chi connectivity index (χ4v) is 8.51. The topological polar surface area (TPSA) is 330 Å². The Morgan fingerprint density at radius 1 is 0.723 bits per heavy atom. The van der Waals surface area contributed by atoms with Crippen LogP contribution in [0.5, 0.6) is 0 Å². The summed E-state index contributed by atoms with van der Waals surface area (Å²) in [7, 11) is 0. The van der Waals surface area contributed by atoms with Crippen molar-refractivity contribution in [2.45, 2.75) is 189 Å². The molecule has 4 aliphatic heterocycles. The van der Waals surface area contributed by atoms with Crippen LogP contribution in [0.3, 0.4) is 0 Å². The highest BCUT2D eigenvalue weighted by atomic mass is 16.7. The van der Waals surface area contributed by atoms with Gasteiger partial charge in [-0.05, 0) is 33.6 Å². The van der Waals surface area contributed by atoms with Crippen LogP contribution in [-0.2, 0) is 38.0 Å². The first kappa shape index (κ1) is 54.6. The molecule has 1 amide bonds. The smallest absolute Gasteiger partial charge is 0.308 e. The minimum atomic E-state index is -2.26. The van der Waals surface area contributed by atoms with Crippen molar-refractivity contribution in [2.75, 3.05) is 0 Å². The average Bonchev–Trinajstić information content (AvgIpc) is 3.24. The maximum Gasteiger partial charge on any atom is 0.308 e. The Kier molecular flexibility index (Phi) is 21.3. The highest BCUT2D eigenvalue weighted by Gasteiger charge is 2.51. The van der Waals surface area contributed by atoms with Crippen LogP contribution in [0, 0.1) is 17.8 Å². The Labute approximate surface area is 379 Å². The number of esters is 1. The second kappa shape index (κ2) is 25.4. The van der Waals surface area contributed by atoms with E-state index >= 15 is 0 Å². The number of carbonyl (C=O) groups excluding carboxylic acids is 2. The van der Waals surface area contributed by atoms with E-state index < -0.39 is 153 Å². The molecule has 0 aliphatic carbocycles. The minimum Gasteiger partial charge on any atom is -0.462 e. The first-order chi connectivity index (χ1) is 30.6. The summed E-state index contributed by atoms with van der Waals surface area (Å²) >= 11 is 0. The standard InChI is InChI=1S/C45H72N2O18/c1-23-14-12-10-8-6-7-9-11-13-15-29(63-44-41(56)38(46)40(55)27(5)62-44)18-34-37(43(57)47-59)33(52)22-45(58,65-34)21-28(48)16-17-30(49)31(50)19-35(53)60-25(3)24(2)42(23)64-36-20-32(51)39(54)26(4)61-36/h6-15,23-34,36-42,44,48-52,54-56,58-59H,16-22,46H2,1-5H3,(H,47,57)/b7-6+,10-8+,11-9+,14-12+,15-13+/t23?,24?,25?,26-,27+,28-,29-,30?,31-,32+,33?,34?,36?,37+,38-,39-,40+,41-,42+,44-,45?/m0/s1. The SMILES string of the molecule is CC1OC(=O)C[C@H](O)C(O)CC[C@H](O)CC2(O)CC(O)[C@@H](C(=O)NO)C(C[C@@H](O[C@@H]3O[C@H](C)[C@@H](O)[C@H](N)[C@@H]3O)/C=C/C=C/C=C/C=C/C=C/C(C)[C@@H](OC3C[C@@H](O)[C@@H](O)[C@H](C)O3)C1C)O2. The highest BCUT2D eigenvalue weighted by molar-refractivity contribution is 5.78. The molecule has 65 heavy (non-hydrogen) atoms. The van der Waals surface area contributed by atoms with Gasteiger partial charge in [0, 0.05) is 37.5 Å². The number of ether oxygens (including phenoxy) is 6. The van der Waals surface area contributed by atoms with Crippen LogP contribution in [0.1, 0.15) is 79.6 Å². The molecule has 3 saturated heterocycles. The zero-order chi connectivity index (χ0) is 48.2. The van der Waals surface area contributed by atoms with Crippen LogP contribution < -0.4 is 11.2 Å². The van der Waals surface area contributed by atoms with Crippen LogP contribution in [0.4, 0.5) is 0 Å². The minimum absolute atomic E-state index is 0.00877. The fraction of sp³-hybridized carbons (Fsp3) is 0.733. The van der Waals surface area contributed by atoms with Gasteiger partial charge in [0.05, 0.1) is 85.5 Å². The molecule has 20 heteroatoms. The summed E-state index contributed by atoms with van der Waals surface area (Å²) in [5, 5.41) is 107. The number of aliphatic hydroxyl groups is 9. The largest absolute Gasteiger partial charge is 0.462 e. The molecule has 2 bridgehead atoms. The zero-order valence-corrected chi connectivity index (χ0v) is 37.6. The Hall–Kier alpha value is -3.00. The molecule has 4 rings (SSSR count). The zero-order valence-electron chi connectivity index (χ0n) is 37.6. The maximum atomic E-state index is 13.1. The van der Waals surface area contributed by atoms with Crippen molar-refractivity contribution in [3.63, 3.8) is 0 Å². The van der Waals surface area contributed by atoms with Crippen molar-refractivity contribution in [3.8, 4) is 0 Å². The fourth-order valence-electron chi connectivity index (χ4n) is 8.51. The normalized spacial score (nSPS) is 47.2. The second-order valence-electron chi connectivity index (χ2n) is 17.8. The van der Waals surface area contributed by atoms with Crippen LogP contribution >= 0.6 is 0 Å². The molecule has 0 aromatic heterocycles. The molecule has 0 aromatic carbocycles. The molecule has 20 nitrogen and oxygen atoms in total. The number of nitrogens with one attached hydrogen (secondary N) is 1. The van der Waals surface area contributed by atoms with Gasteiger partial charge in [0.2, 0.25) is 0 Å². The van der Waals surface area contributed by atoms with Crippen molar-refractivity contribution in [1.29, 1.82) is 0 Å². The van der Waals surface area contributed by atoms with Crippen molar-refractivity contribution < 1.29 is 89.2 Å². The molecule has 0 spiro atoms. The van der Waals surface area contributed by atoms with E-state index in [9.17, 15) is 60.8 Å². The summed E-state index contributed by atoms with van der Waals surface area (Å²) in [5.41, 5.74) is 7.55. The van der Waals surface area contributed by atoms with E-state index in [0.717, 1.165) is 0 Å². The van der Waals surface area contributed by atoms with E-state index in [2.05, 4.69) is 0 Å². The summed E-state index contributed by atoms with van der Waals surface area (Å²) in [6.45, 7) is 8.53. The van der Waals surface area contributed by atoms with Gasteiger partial charge in [0.25, 0.3) is 5.91 Å². The highest BCUT2D eigenvalue weighted by Crippen LogP contribution is 2.38. The van der Waals surface area contributed by atoms with Gasteiger partial charge in [-0.2, -0.15) is 0 Å². The summed E-state index contributed by atoms with van der Waals surface area (Å²) in [4.78, 5) is 26.0. The number of hydrogen-bond donors (Lipinski definition) is 12. The van der Waals surface area contributed by atoms with E-state index in [-0.39, 0.29) is 31.6 Å². The number of carbonyl (C=O) groups is 2. The summed E-state index contributed by atoms with van der Waals surface area (Å²) < 4.78 is 35.7. The number of hydrogen-bond acceptors (Lipinski definition) is 19. The van der Waals surface area contributed by atoms with E-state index in [1.807, 2.05) is 19.9 Å². The Morgan fingerprint density at radius 3 is 1.97 bits per heavy atom. The molecular weight excluding hydrogens is 856 g/mol.